The summed E-state index contributed by atoms with van der Waals surface area (Å²) in [6.45, 7) is 6.73. The maximum absolute atomic E-state index is 11.1. The molecule has 2 rings (SSSR count). The molecule has 0 spiro atoms. The monoisotopic (exact) mass is 343 g/mol. The van der Waals surface area contributed by atoms with Gasteiger partial charge in [0.05, 0.1) is 12.2 Å². The average Bonchev–Trinajstić information content (AvgIpc) is 3.04. The highest BCUT2D eigenvalue weighted by Gasteiger charge is 2.08. The molecule has 134 valence electrons. The van der Waals surface area contributed by atoms with Crippen LogP contribution in [-0.2, 0) is 17.9 Å². The lowest BCUT2D eigenvalue weighted by Crippen LogP contribution is -2.36. The lowest BCUT2D eigenvalue weighted by atomic mass is 10.1. The van der Waals surface area contributed by atoms with Crippen molar-refractivity contribution in [3.63, 3.8) is 0 Å². The van der Waals surface area contributed by atoms with Crippen molar-refractivity contribution in [2.45, 2.75) is 39.8 Å². The van der Waals surface area contributed by atoms with E-state index < -0.39 is 0 Å². The van der Waals surface area contributed by atoms with Crippen LogP contribution in [0.2, 0.25) is 0 Å². The molecule has 25 heavy (non-hydrogen) atoms. The predicted molar refractivity (Wildman–Crippen MR) is 98.4 cm³/mol. The van der Waals surface area contributed by atoms with Gasteiger partial charge in [0.1, 0.15) is 0 Å². The molecule has 0 saturated heterocycles. The van der Waals surface area contributed by atoms with Crippen molar-refractivity contribution in [2.75, 3.05) is 12.4 Å². The van der Waals surface area contributed by atoms with E-state index in [9.17, 15) is 4.79 Å². The van der Waals surface area contributed by atoms with Gasteiger partial charge < -0.3 is 20.5 Å². The van der Waals surface area contributed by atoms with E-state index in [0.29, 0.717) is 25.0 Å². The average molecular weight is 343 g/mol. The van der Waals surface area contributed by atoms with Gasteiger partial charge in [-0.25, -0.2) is 0 Å². The molecule has 7 heteroatoms. The fraction of sp³-hybridized carbons (Fsp3) is 0.389. The van der Waals surface area contributed by atoms with Gasteiger partial charge in [-0.05, 0) is 23.6 Å². The summed E-state index contributed by atoms with van der Waals surface area (Å²) in [5, 5.41) is 13.2. The second-order valence-electron chi connectivity index (χ2n) is 6.03. The molecule has 0 aliphatic heterocycles. The molecule has 1 aromatic heterocycles. The topological polar surface area (TPSA) is 91.5 Å². The largest absolute Gasteiger partial charge is 0.359 e. The number of carbonyl (C=O) groups is 1. The molecule has 0 unspecified atom stereocenters. The first-order chi connectivity index (χ1) is 12.0. The third-order valence-corrected chi connectivity index (χ3v) is 3.53. The summed E-state index contributed by atoms with van der Waals surface area (Å²) >= 11 is 0. The number of amides is 1. The second kappa shape index (κ2) is 8.86. The van der Waals surface area contributed by atoms with Crippen LogP contribution >= 0.6 is 0 Å². The van der Waals surface area contributed by atoms with E-state index in [0.717, 1.165) is 22.7 Å². The predicted octanol–water partition coefficient (Wildman–Crippen LogP) is 2.62. The Morgan fingerprint density at radius 2 is 2.00 bits per heavy atom. The van der Waals surface area contributed by atoms with Gasteiger partial charge in [-0.2, -0.15) is 0 Å². The molecule has 0 saturated carbocycles. The van der Waals surface area contributed by atoms with Gasteiger partial charge in [-0.15, -0.1) is 0 Å². The quantitative estimate of drug-likeness (QED) is 0.554. The Kier molecular flexibility index (Phi) is 6.56. The van der Waals surface area contributed by atoms with E-state index in [1.54, 1.807) is 7.05 Å². The maximum atomic E-state index is 11.1. The number of aliphatic imine (C=N–C) groups is 1. The summed E-state index contributed by atoms with van der Waals surface area (Å²) in [5.74, 6) is 1.67. The SMILES string of the molecule is CN=C(NCc1cccc(NC(C)=O)c1)NCc1cc(C(C)C)no1. The van der Waals surface area contributed by atoms with Crippen LogP contribution in [0.15, 0.2) is 39.8 Å². The number of guanidine groups is 1. The van der Waals surface area contributed by atoms with Crippen LogP contribution in [0.5, 0.6) is 0 Å². The maximum Gasteiger partial charge on any atom is 0.221 e. The number of aromatic nitrogens is 1. The smallest absolute Gasteiger partial charge is 0.221 e. The van der Waals surface area contributed by atoms with Crippen molar-refractivity contribution in [1.29, 1.82) is 0 Å². The van der Waals surface area contributed by atoms with E-state index in [1.165, 1.54) is 6.92 Å². The third kappa shape index (κ3) is 5.95. The van der Waals surface area contributed by atoms with Gasteiger partial charge in [0.15, 0.2) is 11.7 Å². The van der Waals surface area contributed by atoms with Crippen LogP contribution in [0.3, 0.4) is 0 Å². The highest BCUT2D eigenvalue weighted by molar-refractivity contribution is 5.88. The molecule has 1 amide bonds. The Bertz CT molecular complexity index is 737. The molecule has 0 radical (unpaired) electrons. The molecule has 3 N–H and O–H groups in total. The van der Waals surface area contributed by atoms with Crippen LogP contribution in [0, 0.1) is 0 Å². The number of carbonyl (C=O) groups excluding carboxylic acids is 1. The van der Waals surface area contributed by atoms with E-state index >= 15 is 0 Å². The summed E-state index contributed by atoms with van der Waals surface area (Å²) in [6.07, 6.45) is 0. The molecule has 2 aromatic rings. The van der Waals surface area contributed by atoms with Gasteiger partial charge >= 0.3 is 0 Å². The summed E-state index contributed by atoms with van der Waals surface area (Å²) in [4.78, 5) is 15.3. The Hall–Kier alpha value is -2.83. The van der Waals surface area contributed by atoms with Crippen LogP contribution in [0.4, 0.5) is 5.69 Å². The summed E-state index contributed by atoms with van der Waals surface area (Å²) in [7, 11) is 1.71. The van der Waals surface area contributed by atoms with Crippen molar-refractivity contribution in [1.82, 2.24) is 15.8 Å². The number of nitrogens with zero attached hydrogens (tertiary/aromatic N) is 2. The minimum absolute atomic E-state index is 0.0876. The molecule has 0 bridgehead atoms. The first-order valence-corrected chi connectivity index (χ1v) is 8.24. The summed E-state index contributed by atoms with van der Waals surface area (Å²) < 4.78 is 5.30. The lowest BCUT2D eigenvalue weighted by Gasteiger charge is -2.11. The molecule has 7 nitrogen and oxygen atoms in total. The standard InChI is InChI=1S/C18H25N5O2/c1-12(2)17-9-16(25-23-17)11-21-18(19-4)20-10-14-6-5-7-15(8-14)22-13(3)24/h5-9,12H,10-11H2,1-4H3,(H,22,24)(H2,19,20,21). The molecular weight excluding hydrogens is 318 g/mol. The number of rotatable bonds is 6. The highest BCUT2D eigenvalue weighted by Crippen LogP contribution is 2.14. The zero-order chi connectivity index (χ0) is 18.2. The first-order valence-electron chi connectivity index (χ1n) is 8.24. The van der Waals surface area contributed by atoms with Crippen molar-refractivity contribution in [3.05, 3.63) is 47.3 Å². The Morgan fingerprint density at radius 3 is 2.64 bits per heavy atom. The number of hydrogen-bond acceptors (Lipinski definition) is 4. The fourth-order valence-electron chi connectivity index (χ4n) is 2.22. The lowest BCUT2D eigenvalue weighted by molar-refractivity contribution is -0.114. The minimum Gasteiger partial charge on any atom is -0.359 e. The minimum atomic E-state index is -0.0876. The van der Waals surface area contributed by atoms with E-state index in [-0.39, 0.29) is 5.91 Å². The van der Waals surface area contributed by atoms with Crippen molar-refractivity contribution in [2.24, 2.45) is 4.99 Å². The van der Waals surface area contributed by atoms with E-state index in [4.69, 9.17) is 4.52 Å². The van der Waals surface area contributed by atoms with E-state index in [1.807, 2.05) is 30.3 Å². The second-order valence-corrected chi connectivity index (χ2v) is 6.03. The normalized spacial score (nSPS) is 11.5. The van der Waals surface area contributed by atoms with Gasteiger partial charge in [-0.3, -0.25) is 9.79 Å². The van der Waals surface area contributed by atoms with Gasteiger partial charge in [-0.1, -0.05) is 31.1 Å². The third-order valence-electron chi connectivity index (χ3n) is 3.53. The Balaban J connectivity index is 1.86. The number of hydrogen-bond donors (Lipinski definition) is 3. The highest BCUT2D eigenvalue weighted by atomic mass is 16.5. The molecule has 1 aromatic carbocycles. The number of benzene rings is 1. The van der Waals surface area contributed by atoms with E-state index in [2.05, 4.69) is 39.9 Å². The van der Waals surface area contributed by atoms with Crippen LogP contribution in [0.1, 0.15) is 43.7 Å². The van der Waals surface area contributed by atoms with Crippen LogP contribution < -0.4 is 16.0 Å². The van der Waals surface area contributed by atoms with Gasteiger partial charge in [0.25, 0.3) is 0 Å². The number of anilines is 1. The first kappa shape index (κ1) is 18.5. The molecular formula is C18H25N5O2. The molecule has 1 heterocycles. The van der Waals surface area contributed by atoms with Crippen molar-refractivity contribution < 1.29 is 9.32 Å². The van der Waals surface area contributed by atoms with Crippen LogP contribution in [0.25, 0.3) is 0 Å². The Morgan fingerprint density at radius 1 is 1.24 bits per heavy atom. The summed E-state index contributed by atoms with van der Waals surface area (Å²) in [6, 6.07) is 9.61. The zero-order valence-electron chi connectivity index (χ0n) is 15.1. The Labute approximate surface area is 147 Å². The fourth-order valence-corrected chi connectivity index (χ4v) is 2.22. The van der Waals surface area contributed by atoms with Crippen molar-refractivity contribution >= 4 is 17.6 Å². The number of nitrogens with one attached hydrogen (secondary N) is 3. The summed E-state index contributed by atoms with van der Waals surface area (Å²) in [5.41, 5.74) is 2.75. The molecule has 0 aliphatic rings. The van der Waals surface area contributed by atoms with Gasteiger partial charge in [0, 0.05) is 32.3 Å². The van der Waals surface area contributed by atoms with Crippen molar-refractivity contribution in [3.8, 4) is 0 Å². The molecule has 0 fully saturated rings. The van der Waals surface area contributed by atoms with Crippen LogP contribution in [-0.4, -0.2) is 24.1 Å². The van der Waals surface area contributed by atoms with Gasteiger partial charge in [0.2, 0.25) is 5.91 Å². The molecule has 0 aliphatic carbocycles. The molecule has 0 atom stereocenters. The zero-order valence-corrected chi connectivity index (χ0v) is 15.1.